The first kappa shape index (κ1) is 17.4. The zero-order chi connectivity index (χ0) is 17.3. The van der Waals surface area contributed by atoms with Crippen LogP contribution in [0.3, 0.4) is 0 Å². The van der Waals surface area contributed by atoms with E-state index >= 15 is 0 Å². The van der Waals surface area contributed by atoms with Gasteiger partial charge < -0.3 is 14.2 Å². The van der Waals surface area contributed by atoms with Crippen molar-refractivity contribution in [3.05, 3.63) is 18.2 Å². The summed E-state index contributed by atoms with van der Waals surface area (Å²) in [6, 6.07) is -0.469. The number of carbonyl (C=O) groups excluding carboxylic acids is 1. The number of methoxy groups -OCH3 is 1. The smallest absolute Gasteiger partial charge is 0.248 e. The molecule has 2 aliphatic rings. The largest absolute Gasteiger partial charge is 0.375 e. The average Bonchev–Trinajstić information content (AvgIpc) is 3.10. The fraction of sp³-hybridized carbons (Fsp3) is 0.733. The Bertz CT molecular complexity index is 702. The number of imidazole rings is 1. The van der Waals surface area contributed by atoms with Gasteiger partial charge in [0.15, 0.2) is 9.84 Å². The highest BCUT2D eigenvalue weighted by Gasteiger charge is 2.48. The van der Waals surface area contributed by atoms with Crippen molar-refractivity contribution in [2.24, 2.45) is 0 Å². The minimum atomic E-state index is -3.14. The van der Waals surface area contributed by atoms with Crippen LogP contribution in [0.15, 0.2) is 12.4 Å². The predicted octanol–water partition coefficient (Wildman–Crippen LogP) is -0.641. The van der Waals surface area contributed by atoms with Crippen LogP contribution in [0.1, 0.15) is 12.7 Å². The number of hydrogen-bond acceptors (Lipinski definition) is 6. The first-order valence-corrected chi connectivity index (χ1v) is 10.00. The molecule has 24 heavy (non-hydrogen) atoms. The van der Waals surface area contributed by atoms with Gasteiger partial charge in [0.2, 0.25) is 5.91 Å². The normalized spacial score (nSPS) is 26.5. The van der Waals surface area contributed by atoms with Crippen molar-refractivity contribution in [3.8, 4) is 0 Å². The van der Waals surface area contributed by atoms with E-state index in [1.54, 1.807) is 11.1 Å². The summed E-state index contributed by atoms with van der Waals surface area (Å²) in [5.41, 5.74) is 0. The van der Waals surface area contributed by atoms with Gasteiger partial charge in [-0.05, 0) is 6.92 Å². The van der Waals surface area contributed by atoms with Crippen LogP contribution in [-0.2, 0) is 32.5 Å². The van der Waals surface area contributed by atoms with E-state index < -0.39 is 9.84 Å². The molecule has 0 radical (unpaired) electrons. The second-order valence-electron chi connectivity index (χ2n) is 6.33. The Morgan fingerprint density at radius 2 is 2.08 bits per heavy atom. The molecule has 2 atom stereocenters. The van der Waals surface area contributed by atoms with E-state index in [0.29, 0.717) is 19.6 Å². The highest BCUT2D eigenvalue weighted by atomic mass is 32.2. The molecule has 1 amide bonds. The Balaban J connectivity index is 1.80. The van der Waals surface area contributed by atoms with E-state index in [9.17, 15) is 13.2 Å². The highest BCUT2D eigenvalue weighted by Crippen LogP contribution is 2.28. The first-order chi connectivity index (χ1) is 11.4. The Morgan fingerprint density at radius 1 is 1.33 bits per heavy atom. The van der Waals surface area contributed by atoms with Gasteiger partial charge in [-0.3, -0.25) is 9.69 Å². The Labute approximate surface area is 142 Å². The van der Waals surface area contributed by atoms with E-state index in [1.807, 2.05) is 6.20 Å². The molecule has 0 N–H and O–H groups in total. The third-order valence-electron chi connectivity index (χ3n) is 4.87. The summed E-state index contributed by atoms with van der Waals surface area (Å²) in [7, 11) is -1.67. The van der Waals surface area contributed by atoms with Crippen LogP contribution in [0.2, 0.25) is 0 Å². The van der Waals surface area contributed by atoms with Crippen molar-refractivity contribution in [2.45, 2.75) is 32.1 Å². The topological polar surface area (TPSA) is 84.7 Å². The van der Waals surface area contributed by atoms with Gasteiger partial charge in [0, 0.05) is 45.2 Å². The minimum Gasteiger partial charge on any atom is -0.375 e. The fourth-order valence-electron chi connectivity index (χ4n) is 3.70. The Morgan fingerprint density at radius 3 is 2.79 bits per heavy atom. The van der Waals surface area contributed by atoms with Crippen molar-refractivity contribution >= 4 is 15.7 Å². The van der Waals surface area contributed by atoms with Gasteiger partial charge in [-0.15, -0.1) is 0 Å². The third kappa shape index (κ3) is 3.33. The molecule has 3 heterocycles. The number of nitrogens with zero attached hydrogens (tertiary/aromatic N) is 4. The van der Waals surface area contributed by atoms with Crippen molar-refractivity contribution in [3.63, 3.8) is 0 Å². The molecule has 0 spiro atoms. The quantitative estimate of drug-likeness (QED) is 0.698. The molecule has 134 valence electrons. The molecule has 2 saturated heterocycles. The molecular weight excluding hydrogens is 332 g/mol. The van der Waals surface area contributed by atoms with E-state index in [4.69, 9.17) is 4.74 Å². The number of ether oxygens (including phenoxy) is 1. The molecule has 2 aliphatic heterocycles. The van der Waals surface area contributed by atoms with Gasteiger partial charge >= 0.3 is 0 Å². The Kier molecular flexibility index (Phi) is 4.93. The summed E-state index contributed by atoms with van der Waals surface area (Å²) in [6.45, 7) is 4.63. The number of rotatable bonds is 5. The molecular formula is C15H24N4O4S. The molecule has 1 aromatic heterocycles. The van der Waals surface area contributed by atoms with Crippen molar-refractivity contribution in [2.75, 3.05) is 38.3 Å². The average molecular weight is 356 g/mol. The number of aryl methyl sites for hydroxylation is 1. The second-order valence-corrected chi connectivity index (χ2v) is 8.49. The maximum atomic E-state index is 12.2. The standard InChI is InChI=1S/C15H24N4O4S/c1-3-17-5-4-16-14(17)8-18-6-7-19(15(20)9-23-2)13-11-24(21,22)10-12(13)18/h4-5,12-13H,3,6-11H2,1-2H3/t12-,13+/m0/s1. The van der Waals surface area contributed by atoms with Crippen molar-refractivity contribution in [1.82, 2.24) is 19.4 Å². The monoisotopic (exact) mass is 356 g/mol. The molecule has 0 unspecified atom stereocenters. The van der Waals surface area contributed by atoms with E-state index in [2.05, 4.69) is 21.4 Å². The summed E-state index contributed by atoms with van der Waals surface area (Å²) >= 11 is 0. The maximum Gasteiger partial charge on any atom is 0.248 e. The van der Waals surface area contributed by atoms with Crippen LogP contribution in [-0.4, -0.2) is 84.1 Å². The molecule has 2 fully saturated rings. The van der Waals surface area contributed by atoms with Crippen LogP contribution < -0.4 is 0 Å². The lowest BCUT2D eigenvalue weighted by Crippen LogP contribution is -2.60. The molecule has 9 heteroatoms. The summed E-state index contributed by atoms with van der Waals surface area (Å²) in [5, 5.41) is 0. The highest BCUT2D eigenvalue weighted by molar-refractivity contribution is 7.91. The number of sulfone groups is 1. The van der Waals surface area contributed by atoms with Gasteiger partial charge in [0.1, 0.15) is 12.4 Å². The minimum absolute atomic E-state index is 0.0104. The first-order valence-electron chi connectivity index (χ1n) is 8.18. The number of carbonyl (C=O) groups is 1. The zero-order valence-electron chi connectivity index (χ0n) is 14.1. The predicted molar refractivity (Wildman–Crippen MR) is 88.1 cm³/mol. The molecule has 0 aromatic carbocycles. The van der Waals surface area contributed by atoms with Crippen LogP contribution in [0, 0.1) is 0 Å². The van der Waals surface area contributed by atoms with Crippen molar-refractivity contribution < 1.29 is 17.9 Å². The van der Waals surface area contributed by atoms with Crippen molar-refractivity contribution in [1.29, 1.82) is 0 Å². The zero-order valence-corrected chi connectivity index (χ0v) is 14.9. The van der Waals surface area contributed by atoms with Gasteiger partial charge in [-0.2, -0.15) is 0 Å². The van der Waals surface area contributed by atoms with Gasteiger partial charge in [0.25, 0.3) is 0 Å². The number of piperazine rings is 1. The van der Waals surface area contributed by atoms with E-state index in [0.717, 1.165) is 12.4 Å². The number of amides is 1. The molecule has 3 rings (SSSR count). The third-order valence-corrected chi connectivity index (χ3v) is 6.56. The van der Waals surface area contributed by atoms with Crippen LogP contribution >= 0.6 is 0 Å². The van der Waals surface area contributed by atoms with Crippen LogP contribution in [0.25, 0.3) is 0 Å². The maximum absolute atomic E-state index is 12.2. The fourth-order valence-corrected chi connectivity index (χ4v) is 5.71. The van der Waals surface area contributed by atoms with E-state index in [1.165, 1.54) is 7.11 Å². The number of fused-ring (bicyclic) bond motifs is 1. The molecule has 8 nitrogen and oxygen atoms in total. The number of hydrogen-bond donors (Lipinski definition) is 0. The summed E-state index contributed by atoms with van der Waals surface area (Å²) < 4.78 is 31.3. The lowest BCUT2D eigenvalue weighted by molar-refractivity contribution is -0.141. The Hall–Kier alpha value is -1.45. The SMILES string of the molecule is CCn1ccnc1CN1CCN(C(=O)COC)[C@@H]2CS(=O)(=O)C[C@@H]21. The summed E-state index contributed by atoms with van der Waals surface area (Å²) in [4.78, 5) is 20.5. The lowest BCUT2D eigenvalue weighted by atomic mass is 10.0. The van der Waals surface area contributed by atoms with Gasteiger partial charge in [-0.25, -0.2) is 13.4 Å². The molecule has 0 saturated carbocycles. The van der Waals surface area contributed by atoms with Crippen LogP contribution in [0.4, 0.5) is 0 Å². The lowest BCUT2D eigenvalue weighted by Gasteiger charge is -2.43. The molecule has 0 bridgehead atoms. The number of aromatic nitrogens is 2. The molecule has 0 aliphatic carbocycles. The second kappa shape index (κ2) is 6.81. The van der Waals surface area contributed by atoms with E-state index in [-0.39, 0.29) is 36.1 Å². The van der Waals surface area contributed by atoms with Crippen LogP contribution in [0.5, 0.6) is 0 Å². The summed E-state index contributed by atoms with van der Waals surface area (Å²) in [5.74, 6) is 0.920. The van der Waals surface area contributed by atoms with Gasteiger partial charge in [-0.1, -0.05) is 0 Å². The molecule has 1 aromatic rings. The summed E-state index contributed by atoms with van der Waals surface area (Å²) in [6.07, 6.45) is 3.69. The van der Waals surface area contributed by atoms with Gasteiger partial charge in [0.05, 0.1) is 24.1 Å².